The third-order valence-electron chi connectivity index (χ3n) is 4.99. The molecule has 0 bridgehead atoms. The molecule has 1 aliphatic heterocycles. The number of carbonyl (C=O) groups is 6. The molecule has 0 aromatic heterocycles. The fourth-order valence-corrected chi connectivity index (χ4v) is 3.34. The van der Waals surface area contributed by atoms with E-state index >= 15 is 0 Å². The van der Waals surface area contributed by atoms with Crippen molar-refractivity contribution in [2.45, 2.75) is 76.5 Å². The summed E-state index contributed by atoms with van der Waals surface area (Å²) in [6.07, 6.45) is -0.272. The summed E-state index contributed by atoms with van der Waals surface area (Å²) in [5.74, 6) is -6.46. The summed E-state index contributed by atoms with van der Waals surface area (Å²) in [5.41, 5.74) is 0. The fourth-order valence-electron chi connectivity index (χ4n) is 3.34. The second-order valence-electron chi connectivity index (χ2n) is 8.33. The number of amides is 3. The number of rotatable bonds is 14. The number of aliphatic carboxylic acids is 3. The summed E-state index contributed by atoms with van der Waals surface area (Å²) in [5, 5.41) is 37.2. The Morgan fingerprint density at radius 2 is 1.48 bits per heavy atom. The molecule has 1 heterocycles. The van der Waals surface area contributed by atoms with Crippen LogP contribution in [0.15, 0.2) is 0 Å². The summed E-state index contributed by atoms with van der Waals surface area (Å²) >= 11 is 0. The quantitative estimate of drug-likeness (QED) is 0.158. The Kier molecular flexibility index (Phi) is 11.3. The van der Waals surface area contributed by atoms with E-state index in [9.17, 15) is 33.9 Å². The van der Waals surface area contributed by atoms with Crippen LogP contribution in [-0.2, 0) is 28.8 Å². The molecular weight excluding hydrogens is 440 g/mol. The van der Waals surface area contributed by atoms with Crippen LogP contribution in [0.4, 0.5) is 0 Å². The summed E-state index contributed by atoms with van der Waals surface area (Å²) < 4.78 is 0. The van der Waals surface area contributed by atoms with Crippen LogP contribution in [0, 0.1) is 5.92 Å². The SMILES string of the molecule is CC(C)CC(NC(=O)C(CCC(=O)O)NC(=O)C(CC(=O)O)NC(=O)C1CCCN1)C(=O)O. The zero-order chi connectivity index (χ0) is 25.1. The van der Waals surface area contributed by atoms with Gasteiger partial charge in [-0.2, -0.15) is 0 Å². The third kappa shape index (κ3) is 10.3. The van der Waals surface area contributed by atoms with Crippen molar-refractivity contribution in [1.82, 2.24) is 21.3 Å². The number of carboxylic acids is 3. The van der Waals surface area contributed by atoms with E-state index in [2.05, 4.69) is 21.3 Å². The third-order valence-corrected chi connectivity index (χ3v) is 4.99. The molecule has 0 radical (unpaired) electrons. The zero-order valence-electron chi connectivity index (χ0n) is 18.6. The van der Waals surface area contributed by atoms with Crippen molar-refractivity contribution in [2.24, 2.45) is 5.92 Å². The van der Waals surface area contributed by atoms with Gasteiger partial charge in [0.25, 0.3) is 0 Å². The van der Waals surface area contributed by atoms with E-state index in [0.29, 0.717) is 13.0 Å². The van der Waals surface area contributed by atoms with Crippen molar-refractivity contribution in [2.75, 3.05) is 6.54 Å². The van der Waals surface area contributed by atoms with Gasteiger partial charge in [-0.05, 0) is 38.1 Å². The van der Waals surface area contributed by atoms with Gasteiger partial charge in [-0.3, -0.25) is 24.0 Å². The molecular formula is C20H32N4O9. The maximum atomic E-state index is 12.7. The smallest absolute Gasteiger partial charge is 0.326 e. The van der Waals surface area contributed by atoms with Crippen LogP contribution < -0.4 is 21.3 Å². The van der Waals surface area contributed by atoms with Gasteiger partial charge in [-0.15, -0.1) is 0 Å². The van der Waals surface area contributed by atoms with Gasteiger partial charge < -0.3 is 36.6 Å². The standard InChI is InChI=1S/C20H32N4O9/c1-10(2)8-14(20(32)33)24-18(30)12(5-6-15(25)26)22-19(31)13(9-16(27)28)23-17(29)11-4-3-7-21-11/h10-14,21H,3-9H2,1-2H3,(H,22,31)(H,23,29)(H,24,30)(H,25,26)(H,27,28)(H,32,33). The molecule has 0 saturated carbocycles. The Hall–Kier alpha value is -3.22. The van der Waals surface area contributed by atoms with Crippen LogP contribution in [0.1, 0.15) is 52.4 Å². The number of carbonyl (C=O) groups excluding carboxylic acids is 3. The first kappa shape index (κ1) is 27.8. The molecule has 13 nitrogen and oxygen atoms in total. The molecule has 0 aromatic rings. The Balaban J connectivity index is 2.96. The van der Waals surface area contributed by atoms with Crippen LogP contribution in [-0.4, -0.2) is 81.7 Å². The van der Waals surface area contributed by atoms with Gasteiger partial charge in [0, 0.05) is 6.42 Å². The number of carboxylic acid groups (broad SMARTS) is 3. The highest BCUT2D eigenvalue weighted by Crippen LogP contribution is 2.09. The Morgan fingerprint density at radius 1 is 0.879 bits per heavy atom. The predicted molar refractivity (Wildman–Crippen MR) is 113 cm³/mol. The highest BCUT2D eigenvalue weighted by atomic mass is 16.4. The monoisotopic (exact) mass is 472 g/mol. The lowest BCUT2D eigenvalue weighted by molar-refractivity contribution is -0.144. The summed E-state index contributed by atoms with van der Waals surface area (Å²) in [6, 6.07) is -4.79. The van der Waals surface area contributed by atoms with Gasteiger partial charge in [-0.25, -0.2) is 4.79 Å². The maximum Gasteiger partial charge on any atom is 0.326 e. The second-order valence-corrected chi connectivity index (χ2v) is 8.33. The first-order valence-corrected chi connectivity index (χ1v) is 10.7. The van der Waals surface area contributed by atoms with Crippen LogP contribution in [0.5, 0.6) is 0 Å². The van der Waals surface area contributed by atoms with Gasteiger partial charge in [0.05, 0.1) is 12.5 Å². The predicted octanol–water partition coefficient (Wildman–Crippen LogP) is -1.34. The van der Waals surface area contributed by atoms with Gasteiger partial charge >= 0.3 is 17.9 Å². The Bertz CT molecular complexity index is 750. The van der Waals surface area contributed by atoms with E-state index in [0.717, 1.165) is 6.42 Å². The first-order valence-electron chi connectivity index (χ1n) is 10.7. The average Bonchev–Trinajstić information content (AvgIpc) is 3.23. The van der Waals surface area contributed by atoms with Gasteiger partial charge in [0.2, 0.25) is 17.7 Å². The van der Waals surface area contributed by atoms with Crippen molar-refractivity contribution < 1.29 is 44.1 Å². The summed E-state index contributed by atoms with van der Waals surface area (Å²) in [4.78, 5) is 71.4. The Labute approximate surface area is 190 Å². The van der Waals surface area contributed by atoms with E-state index in [-0.39, 0.29) is 18.8 Å². The van der Waals surface area contributed by atoms with E-state index in [1.165, 1.54) is 0 Å². The van der Waals surface area contributed by atoms with Crippen molar-refractivity contribution in [3.63, 3.8) is 0 Å². The van der Waals surface area contributed by atoms with Crippen molar-refractivity contribution in [3.8, 4) is 0 Å². The lowest BCUT2D eigenvalue weighted by Gasteiger charge is -2.25. The lowest BCUT2D eigenvalue weighted by atomic mass is 10.0. The maximum absolute atomic E-state index is 12.7. The minimum absolute atomic E-state index is 0.0715. The molecule has 1 fully saturated rings. The number of nitrogens with one attached hydrogen (secondary N) is 4. The summed E-state index contributed by atoms with van der Waals surface area (Å²) in [7, 11) is 0. The molecule has 186 valence electrons. The van der Waals surface area contributed by atoms with Gasteiger partial charge in [0.15, 0.2) is 0 Å². The lowest BCUT2D eigenvalue weighted by Crippen LogP contribution is -2.57. The van der Waals surface area contributed by atoms with Gasteiger partial charge in [-0.1, -0.05) is 13.8 Å². The highest BCUT2D eigenvalue weighted by molar-refractivity contribution is 5.95. The van der Waals surface area contributed by atoms with Crippen molar-refractivity contribution >= 4 is 35.6 Å². The minimum Gasteiger partial charge on any atom is -0.481 e. The van der Waals surface area contributed by atoms with Crippen LogP contribution in [0.25, 0.3) is 0 Å². The van der Waals surface area contributed by atoms with Crippen LogP contribution >= 0.6 is 0 Å². The van der Waals surface area contributed by atoms with E-state index in [1.807, 2.05) is 0 Å². The number of hydrogen-bond acceptors (Lipinski definition) is 7. The molecule has 0 aromatic carbocycles. The normalized spacial score (nSPS) is 18.1. The minimum atomic E-state index is -1.51. The molecule has 0 aliphatic carbocycles. The molecule has 1 rings (SSSR count). The molecule has 1 aliphatic rings. The number of hydrogen-bond donors (Lipinski definition) is 7. The van der Waals surface area contributed by atoms with Crippen molar-refractivity contribution in [1.29, 1.82) is 0 Å². The molecule has 3 amide bonds. The zero-order valence-corrected chi connectivity index (χ0v) is 18.6. The largest absolute Gasteiger partial charge is 0.481 e. The molecule has 4 atom stereocenters. The van der Waals surface area contributed by atoms with E-state index in [1.54, 1.807) is 13.8 Å². The average molecular weight is 472 g/mol. The van der Waals surface area contributed by atoms with Gasteiger partial charge in [0.1, 0.15) is 18.1 Å². The Morgan fingerprint density at radius 3 is 1.97 bits per heavy atom. The van der Waals surface area contributed by atoms with Crippen molar-refractivity contribution in [3.05, 3.63) is 0 Å². The van der Waals surface area contributed by atoms with Crippen LogP contribution in [0.3, 0.4) is 0 Å². The van der Waals surface area contributed by atoms with E-state index < -0.39 is 72.6 Å². The first-order chi connectivity index (χ1) is 15.4. The fraction of sp³-hybridized carbons (Fsp3) is 0.700. The molecule has 33 heavy (non-hydrogen) atoms. The molecule has 0 spiro atoms. The molecule has 7 N–H and O–H groups in total. The molecule has 13 heteroatoms. The summed E-state index contributed by atoms with van der Waals surface area (Å²) in [6.45, 7) is 4.11. The molecule has 4 unspecified atom stereocenters. The second kappa shape index (κ2) is 13.4. The van der Waals surface area contributed by atoms with E-state index in [4.69, 9.17) is 10.2 Å². The topological polar surface area (TPSA) is 211 Å². The molecule has 1 saturated heterocycles. The van der Waals surface area contributed by atoms with Crippen LogP contribution in [0.2, 0.25) is 0 Å². The highest BCUT2D eigenvalue weighted by Gasteiger charge is 2.32.